The van der Waals surface area contributed by atoms with E-state index < -0.39 is 95.2 Å². The van der Waals surface area contributed by atoms with Crippen molar-refractivity contribution < 1.29 is 151 Å². The first kappa shape index (κ1) is 111. The summed E-state index contributed by atoms with van der Waals surface area (Å²) in [4.78, 5) is 47.5. The van der Waals surface area contributed by atoms with Crippen molar-refractivity contribution in [2.75, 3.05) is 39.6 Å². The average molecular weight is 2650 g/mol. The van der Waals surface area contributed by atoms with E-state index in [1.165, 1.54) is 51.6 Å². The molecule has 0 saturated heterocycles. The van der Waals surface area contributed by atoms with E-state index in [0.717, 1.165) is 94.4 Å². The van der Waals surface area contributed by atoms with Crippen LogP contribution in [0.3, 0.4) is 0 Å². The molecular weight excluding hydrogens is 2590 g/mol. The predicted octanol–water partition coefficient (Wildman–Crippen LogP) is 21.1. The molecule has 0 atom stereocenters. The van der Waals surface area contributed by atoms with Gasteiger partial charge in [0.2, 0.25) is 0 Å². The van der Waals surface area contributed by atoms with Gasteiger partial charge in [0, 0.05) is 47.5 Å². The van der Waals surface area contributed by atoms with Crippen molar-refractivity contribution in [2.45, 2.75) is 40.0 Å². The standard InChI is InChI=1S/4C13H8F2N4.C13H11F2N2.C12H9F2N2.C11H7F2N2.C10H5F2N2.4Ir/c4*14-12-7-6-11(13(15)17-12)19-9-18(8-16-19)10-4-2-1-3-5-10;1-8(2)9-5-6-16-11(7-9)10-3-4-12(14)17-13(10)15;1-2-8-5-6-15-10(7-8)9-3-4-11(13)16-12(9)14;1-7-4-5-14-9(6-7)8-2-3-10(12)15-11(8)13;11-9-5-4-7(10(12)14-9)8-3-1-2-6-13-8;;;;/h4*1-5,7-9H;4-8H,1-2H3;4-7H,2H2,1H3;3-6H,1H3;1-3,5-6H;;;;/q4*-2;4*-1;4*+3. The minimum Gasteiger partial charge on any atom is -0.463 e. The SMILES string of the molecule is CC(C)c1ccnc(-c2[c-]cc(F)nc2F)c1.CCc1ccnc(-c2[c-]cc(F)nc2F)c1.Cc1ccnc(-c2[c-]cc(F)nc2F)c1.Fc1c[c-]c(-c2ccccn2)c(F)n1.Fc1c[c-]c(N2[CH-]N(c3ccccc3)C=N2)c(F)n1.Fc1c[c-]c(N2[CH-]N(c3ccccc3)C=N2)c(F)n1.Fc1c[c-]c(N2[CH-]N(c3ccccc3)C=N2)c(F)n1.Fc1c[c-]c(N2[CH-]N(c3ccccc3)C=N2)c(F)n1.[Ir+3].[Ir+3].[Ir+3].[Ir+3]. The van der Waals surface area contributed by atoms with E-state index in [2.05, 4.69) is 129 Å². The number of aromatic nitrogens is 12. The number of rotatable bonds is 14. The number of hydrogen-bond donors (Lipinski definition) is 0. The average Bonchev–Trinajstić information content (AvgIpc) is 1.75. The Hall–Kier alpha value is -14.8. The summed E-state index contributed by atoms with van der Waals surface area (Å²) in [6.45, 7) is 14.1. The topological polar surface area (TPSA) is 230 Å². The van der Waals surface area contributed by atoms with Crippen molar-refractivity contribution in [2.24, 2.45) is 20.4 Å². The first-order valence-electron chi connectivity index (χ1n) is 40.4. The molecule has 4 aliphatic rings. The Morgan fingerprint density at radius 3 is 0.796 bits per heavy atom. The van der Waals surface area contributed by atoms with Crippen LogP contribution in [0.25, 0.3) is 45.0 Å². The summed E-state index contributed by atoms with van der Waals surface area (Å²) in [6.07, 6.45) is 13.2. The minimum absolute atomic E-state index is 0. The number of pyridine rings is 12. The number of aryl methyl sites for hydroxylation is 2. The quantitative estimate of drug-likeness (QED) is 0.0559. The summed E-state index contributed by atoms with van der Waals surface area (Å²) in [6, 6.07) is 81.0. The molecule has 0 N–H and O–H groups in total. The fourth-order valence-corrected chi connectivity index (χ4v) is 11.8. The maximum Gasteiger partial charge on any atom is 3.00 e. The second-order valence-electron chi connectivity index (χ2n) is 28.2. The molecular formula is C98H64F16Ir4N24. The molecule has 20 rings (SSSR count). The molecule has 0 radical (unpaired) electrons. The second-order valence-corrected chi connectivity index (χ2v) is 28.2. The number of para-hydroxylation sites is 4. The number of hydrazone groups is 4. The Balaban J connectivity index is 0.000000181. The molecule has 724 valence electrons. The Bertz CT molecular complexity index is 6490. The van der Waals surface area contributed by atoms with E-state index in [0.29, 0.717) is 28.7 Å². The number of hydrogen-bond acceptors (Lipinski definition) is 24. The van der Waals surface area contributed by atoms with Gasteiger partial charge in [0.05, 0.1) is 49.1 Å². The van der Waals surface area contributed by atoms with Crippen LogP contribution in [-0.2, 0) is 86.8 Å². The van der Waals surface area contributed by atoms with E-state index >= 15 is 0 Å². The summed E-state index contributed by atoms with van der Waals surface area (Å²) in [5.74, 6) is -14.3. The van der Waals surface area contributed by atoms with E-state index in [1.54, 1.807) is 107 Å². The fourth-order valence-electron chi connectivity index (χ4n) is 11.8. The zero-order chi connectivity index (χ0) is 97.7. The van der Waals surface area contributed by atoms with Crippen LogP contribution in [0, 0.1) is 177 Å². The molecule has 16 heterocycles. The van der Waals surface area contributed by atoms with Crippen LogP contribution in [0.5, 0.6) is 0 Å². The molecule has 0 saturated carbocycles. The van der Waals surface area contributed by atoms with E-state index in [1.807, 2.05) is 161 Å². The van der Waals surface area contributed by atoms with Gasteiger partial charge in [0.15, 0.2) is 0 Å². The van der Waals surface area contributed by atoms with Gasteiger partial charge in [0.1, 0.15) is 71.4 Å². The van der Waals surface area contributed by atoms with Crippen LogP contribution >= 0.6 is 0 Å². The normalized spacial score (nSPS) is 12.2. The molecule has 12 aromatic heterocycles. The maximum absolute atomic E-state index is 13.5. The van der Waals surface area contributed by atoms with E-state index in [-0.39, 0.29) is 125 Å². The van der Waals surface area contributed by atoms with Crippen molar-refractivity contribution >= 4 is 70.9 Å². The van der Waals surface area contributed by atoms with Crippen molar-refractivity contribution in [3.8, 4) is 45.0 Å². The molecule has 4 aromatic carbocycles. The molecule has 0 fully saturated rings. The summed E-state index contributed by atoms with van der Waals surface area (Å²) in [7, 11) is 0. The Kier molecular flexibility index (Phi) is 42.3. The predicted molar refractivity (Wildman–Crippen MR) is 482 cm³/mol. The summed E-state index contributed by atoms with van der Waals surface area (Å²) in [5, 5.41) is 21.0. The van der Waals surface area contributed by atoms with Gasteiger partial charge in [-0.1, -0.05) is 187 Å². The zero-order valence-electron chi connectivity index (χ0n) is 73.2. The van der Waals surface area contributed by atoms with Crippen LogP contribution in [0.15, 0.2) is 270 Å². The number of anilines is 8. The minimum atomic E-state index is -0.955. The fraction of sp³-hybridized carbons (Fsp3) is 0.0612. The van der Waals surface area contributed by atoms with Gasteiger partial charge in [-0.3, -0.25) is 55.1 Å². The van der Waals surface area contributed by atoms with Crippen LogP contribution in [-0.4, -0.2) is 85.2 Å². The second kappa shape index (κ2) is 54.1. The molecule has 4 aliphatic heterocycles. The van der Waals surface area contributed by atoms with Gasteiger partial charge < -0.3 is 79.5 Å². The summed E-state index contributed by atoms with van der Waals surface area (Å²) in [5.41, 5.74) is 8.37. The molecule has 16 aromatic rings. The molecule has 0 spiro atoms. The molecule has 142 heavy (non-hydrogen) atoms. The summed E-state index contributed by atoms with van der Waals surface area (Å²) < 4.78 is 208. The van der Waals surface area contributed by atoms with Gasteiger partial charge in [-0.25, -0.2) is 35.1 Å². The van der Waals surface area contributed by atoms with Gasteiger partial charge in [-0.05, 0) is 138 Å². The first-order valence-corrected chi connectivity index (χ1v) is 40.4. The molecule has 0 amide bonds. The Morgan fingerprint density at radius 2 is 0.528 bits per heavy atom. The Labute approximate surface area is 856 Å². The van der Waals surface area contributed by atoms with Crippen molar-refractivity contribution in [1.29, 1.82) is 0 Å². The third-order valence-corrected chi connectivity index (χ3v) is 18.5. The van der Waals surface area contributed by atoms with Crippen LogP contribution in [0.2, 0.25) is 0 Å². The third-order valence-electron chi connectivity index (χ3n) is 18.5. The van der Waals surface area contributed by atoms with Crippen molar-refractivity contribution in [3.63, 3.8) is 0 Å². The van der Waals surface area contributed by atoms with Gasteiger partial charge in [0.25, 0.3) is 0 Å². The molecule has 0 aliphatic carbocycles. The van der Waals surface area contributed by atoms with E-state index in [9.17, 15) is 70.2 Å². The van der Waals surface area contributed by atoms with E-state index in [4.69, 9.17) is 0 Å². The van der Waals surface area contributed by atoms with Gasteiger partial charge >= 0.3 is 80.4 Å². The monoisotopic (exact) mass is 2650 g/mol. The molecule has 0 bridgehead atoms. The molecule has 24 nitrogen and oxygen atoms in total. The first-order chi connectivity index (χ1) is 66.7. The van der Waals surface area contributed by atoms with Crippen molar-refractivity contribution in [3.05, 3.63) is 436 Å². The summed E-state index contributed by atoms with van der Waals surface area (Å²) >= 11 is 0. The third kappa shape index (κ3) is 31.1. The van der Waals surface area contributed by atoms with Crippen LogP contribution < -0.4 is 39.6 Å². The number of halogens is 16. The molecule has 0 unspecified atom stereocenters. The van der Waals surface area contributed by atoms with Gasteiger partial charge in [-0.15, -0.1) is 75.2 Å². The Morgan fingerprint density at radius 1 is 0.275 bits per heavy atom. The van der Waals surface area contributed by atoms with Gasteiger partial charge in [-0.2, -0.15) is 44.7 Å². The maximum atomic E-state index is 13.5. The van der Waals surface area contributed by atoms with Crippen LogP contribution in [0.1, 0.15) is 43.4 Å². The van der Waals surface area contributed by atoms with Crippen molar-refractivity contribution in [1.82, 2.24) is 59.8 Å². The number of nitrogens with zero attached hydrogens (tertiary/aromatic N) is 24. The molecule has 44 heteroatoms. The zero-order valence-corrected chi connectivity index (χ0v) is 82.8. The van der Waals surface area contributed by atoms with Crippen LogP contribution in [0.4, 0.5) is 116 Å². The largest absolute Gasteiger partial charge is 3.00 e. The smallest absolute Gasteiger partial charge is 0.463 e. The number of benzene rings is 4.